The Morgan fingerprint density at radius 2 is 1.92 bits per heavy atom. The second-order valence-corrected chi connectivity index (χ2v) is 7.44. The number of aromatic nitrogens is 2. The number of Topliss-reactive ketones (excluding diaryl/α,β-unsaturated/α-hetero) is 1. The zero-order valence-corrected chi connectivity index (χ0v) is 14.5. The highest BCUT2D eigenvalue weighted by Crippen LogP contribution is 2.64. The Balaban J connectivity index is 1.84. The van der Waals surface area contributed by atoms with Crippen LogP contribution in [0.15, 0.2) is 55.8 Å². The predicted octanol–water partition coefficient (Wildman–Crippen LogP) is 1.22. The third kappa shape index (κ3) is 1.97. The number of aliphatic hydroxyl groups is 1. The number of carbonyl (C=O) groups excluding carboxylic acids is 1. The van der Waals surface area contributed by atoms with Gasteiger partial charge in [0.05, 0.1) is 6.54 Å². The number of hydrogen-bond acceptors (Lipinski definition) is 4. The molecule has 1 saturated carbocycles. The van der Waals surface area contributed by atoms with Gasteiger partial charge in [0.2, 0.25) is 0 Å². The summed E-state index contributed by atoms with van der Waals surface area (Å²) in [7, 11) is 0. The summed E-state index contributed by atoms with van der Waals surface area (Å²) in [5.74, 6) is -0.242. The molecule has 1 fully saturated rings. The van der Waals surface area contributed by atoms with Crippen LogP contribution in [0.5, 0.6) is 0 Å². The highest BCUT2D eigenvalue weighted by atomic mass is 16.3. The van der Waals surface area contributed by atoms with Crippen LogP contribution in [0.2, 0.25) is 0 Å². The Bertz CT molecular complexity index is 1030. The summed E-state index contributed by atoms with van der Waals surface area (Å²) in [6.07, 6.45) is 4.85. The van der Waals surface area contributed by atoms with Crippen LogP contribution >= 0.6 is 0 Å². The number of carbonyl (C=O) groups is 1. The minimum atomic E-state index is -1.38. The lowest BCUT2D eigenvalue weighted by molar-refractivity contribution is -0.137. The minimum absolute atomic E-state index is 0.242. The average Bonchev–Trinajstić information content (AvgIpc) is 3.29. The molecule has 130 valence electrons. The van der Waals surface area contributed by atoms with E-state index in [1.807, 2.05) is 13.8 Å². The van der Waals surface area contributed by atoms with Gasteiger partial charge in [0.15, 0.2) is 5.78 Å². The molecule has 0 amide bonds. The normalized spacial score (nSPS) is 27.0. The average molecular weight is 340 g/mol. The molecule has 3 aliphatic carbocycles. The van der Waals surface area contributed by atoms with E-state index in [0.29, 0.717) is 5.57 Å². The molecule has 1 spiro atoms. The quantitative estimate of drug-likeness (QED) is 0.847. The molecule has 1 aromatic heterocycles. The monoisotopic (exact) mass is 340 g/mol. The standard InChI is InChI=1S/C19H20N2O4/c1-10-8-12-15(11(2)19(5-6-19)18(3,25)16(12)23)13(10)9-21-7-4-14(22)20-17(21)24/h4,7-8,25H,5-6,9H2,1-3H3,(H,20,22,24). The molecule has 1 heterocycles. The number of aromatic amines is 1. The number of nitrogens with zero attached hydrogens (tertiary/aromatic N) is 1. The van der Waals surface area contributed by atoms with Crippen molar-refractivity contribution in [2.45, 2.75) is 45.8 Å². The third-order valence-electron chi connectivity index (χ3n) is 6.09. The van der Waals surface area contributed by atoms with Crippen molar-refractivity contribution in [2.24, 2.45) is 5.41 Å². The number of H-pyrrole nitrogens is 1. The molecule has 0 saturated heterocycles. The molecule has 0 bridgehead atoms. The Labute approximate surface area is 144 Å². The van der Waals surface area contributed by atoms with Crippen molar-refractivity contribution in [3.8, 4) is 0 Å². The van der Waals surface area contributed by atoms with Crippen LogP contribution in [0.1, 0.15) is 33.6 Å². The largest absolute Gasteiger partial charge is 0.381 e. The van der Waals surface area contributed by atoms with Gasteiger partial charge in [-0.2, -0.15) is 0 Å². The number of fused-ring (bicyclic) bond motifs is 1. The molecule has 1 unspecified atom stereocenters. The van der Waals surface area contributed by atoms with E-state index in [1.165, 1.54) is 16.8 Å². The molecule has 3 aliphatic rings. The fourth-order valence-corrected chi connectivity index (χ4v) is 4.36. The van der Waals surface area contributed by atoms with Gasteiger partial charge >= 0.3 is 5.69 Å². The Kier molecular flexibility index (Phi) is 3.07. The maximum absolute atomic E-state index is 12.9. The molecule has 0 aromatic carbocycles. The number of hydrogen-bond donors (Lipinski definition) is 2. The van der Waals surface area contributed by atoms with Crippen molar-refractivity contribution >= 4 is 5.78 Å². The van der Waals surface area contributed by atoms with Gasteiger partial charge in [0.1, 0.15) is 5.60 Å². The highest BCUT2D eigenvalue weighted by molar-refractivity contribution is 6.10. The molecule has 0 aliphatic heterocycles. The van der Waals surface area contributed by atoms with Crippen molar-refractivity contribution in [3.05, 3.63) is 67.0 Å². The third-order valence-corrected chi connectivity index (χ3v) is 6.09. The van der Waals surface area contributed by atoms with Crippen LogP contribution in [0.4, 0.5) is 0 Å². The molecule has 6 nitrogen and oxygen atoms in total. The number of ketones is 1. The first-order valence-electron chi connectivity index (χ1n) is 8.39. The second kappa shape index (κ2) is 4.79. The summed E-state index contributed by atoms with van der Waals surface area (Å²) in [5.41, 5.74) is 1.45. The smallest absolute Gasteiger partial charge is 0.328 e. The topological polar surface area (TPSA) is 92.2 Å². The zero-order valence-electron chi connectivity index (χ0n) is 14.5. The lowest BCUT2D eigenvalue weighted by atomic mass is 9.67. The van der Waals surface area contributed by atoms with Gasteiger partial charge in [-0.25, -0.2) is 4.79 Å². The van der Waals surface area contributed by atoms with Crippen LogP contribution in [0.3, 0.4) is 0 Å². The van der Waals surface area contributed by atoms with Crippen molar-refractivity contribution in [1.82, 2.24) is 9.55 Å². The SMILES string of the molecule is CC1=C(Cn2ccc(=O)[nH]c2=O)C2=C(C)C3(CC3)C(C)(O)C(=O)C2=C1. The molecule has 1 atom stereocenters. The lowest BCUT2D eigenvalue weighted by Gasteiger charge is -2.39. The van der Waals surface area contributed by atoms with E-state index in [-0.39, 0.29) is 12.3 Å². The van der Waals surface area contributed by atoms with Gasteiger partial charge in [-0.3, -0.25) is 19.1 Å². The number of nitrogens with one attached hydrogen (secondary N) is 1. The van der Waals surface area contributed by atoms with Crippen LogP contribution in [0, 0.1) is 5.41 Å². The molecular formula is C19H20N2O4. The van der Waals surface area contributed by atoms with E-state index in [4.69, 9.17) is 0 Å². The van der Waals surface area contributed by atoms with E-state index in [0.717, 1.165) is 35.1 Å². The highest BCUT2D eigenvalue weighted by Gasteiger charge is 2.65. The summed E-state index contributed by atoms with van der Waals surface area (Å²) >= 11 is 0. The van der Waals surface area contributed by atoms with Gasteiger partial charge in [0.25, 0.3) is 5.56 Å². The van der Waals surface area contributed by atoms with Gasteiger partial charge < -0.3 is 5.11 Å². The van der Waals surface area contributed by atoms with Crippen molar-refractivity contribution in [3.63, 3.8) is 0 Å². The maximum Gasteiger partial charge on any atom is 0.328 e. The zero-order chi connectivity index (χ0) is 18.1. The van der Waals surface area contributed by atoms with Crippen molar-refractivity contribution < 1.29 is 9.90 Å². The fraction of sp³-hybridized carbons (Fsp3) is 0.421. The molecule has 4 rings (SSSR count). The van der Waals surface area contributed by atoms with Crippen molar-refractivity contribution in [1.29, 1.82) is 0 Å². The predicted molar refractivity (Wildman–Crippen MR) is 92.1 cm³/mol. The van der Waals surface area contributed by atoms with E-state index in [1.54, 1.807) is 13.0 Å². The van der Waals surface area contributed by atoms with E-state index in [9.17, 15) is 19.5 Å². The van der Waals surface area contributed by atoms with E-state index >= 15 is 0 Å². The number of allylic oxidation sites excluding steroid dienone is 4. The van der Waals surface area contributed by atoms with Crippen molar-refractivity contribution in [2.75, 3.05) is 0 Å². The summed E-state index contributed by atoms with van der Waals surface area (Å²) < 4.78 is 1.42. The molecule has 2 N–H and O–H groups in total. The van der Waals surface area contributed by atoms with E-state index < -0.39 is 22.3 Å². The Morgan fingerprint density at radius 1 is 1.24 bits per heavy atom. The van der Waals surface area contributed by atoms with Crippen LogP contribution in [0.25, 0.3) is 0 Å². The van der Waals surface area contributed by atoms with Gasteiger partial charge in [-0.15, -0.1) is 0 Å². The number of rotatable bonds is 2. The van der Waals surface area contributed by atoms with Gasteiger partial charge in [-0.1, -0.05) is 5.57 Å². The Morgan fingerprint density at radius 3 is 2.52 bits per heavy atom. The second-order valence-electron chi connectivity index (χ2n) is 7.44. The van der Waals surface area contributed by atoms with Crippen LogP contribution in [-0.4, -0.2) is 26.0 Å². The van der Waals surface area contributed by atoms with Crippen LogP contribution < -0.4 is 11.2 Å². The lowest BCUT2D eigenvalue weighted by Crippen LogP contribution is -2.49. The maximum atomic E-state index is 12.9. The van der Waals surface area contributed by atoms with E-state index in [2.05, 4.69) is 4.98 Å². The summed E-state index contributed by atoms with van der Waals surface area (Å²) in [6.45, 7) is 5.77. The molecular weight excluding hydrogens is 320 g/mol. The molecule has 0 radical (unpaired) electrons. The fourth-order valence-electron chi connectivity index (χ4n) is 4.36. The van der Waals surface area contributed by atoms with Gasteiger partial charge in [-0.05, 0) is 56.4 Å². The summed E-state index contributed by atoms with van der Waals surface area (Å²) in [5, 5.41) is 10.8. The molecule has 25 heavy (non-hydrogen) atoms. The first-order chi connectivity index (χ1) is 11.7. The molecule has 1 aromatic rings. The van der Waals surface area contributed by atoms with Gasteiger partial charge in [0, 0.05) is 23.3 Å². The molecule has 6 heteroatoms. The Hall–Kier alpha value is -2.47. The summed E-state index contributed by atoms with van der Waals surface area (Å²) in [6, 6.07) is 1.31. The first-order valence-corrected chi connectivity index (χ1v) is 8.39. The van der Waals surface area contributed by atoms with Crippen LogP contribution in [-0.2, 0) is 11.3 Å². The summed E-state index contributed by atoms with van der Waals surface area (Å²) in [4.78, 5) is 38.4. The minimum Gasteiger partial charge on any atom is -0.381 e. The first kappa shape index (κ1) is 16.0.